The van der Waals surface area contributed by atoms with E-state index in [2.05, 4.69) is 23.7 Å². The maximum absolute atomic E-state index is 7.78. The van der Waals surface area contributed by atoms with Crippen molar-refractivity contribution < 1.29 is 0 Å². The lowest BCUT2D eigenvalue weighted by molar-refractivity contribution is 0.670. The van der Waals surface area contributed by atoms with Gasteiger partial charge in [-0.2, -0.15) is 0 Å². The van der Waals surface area contributed by atoms with Crippen molar-refractivity contribution in [3.05, 3.63) is 23.4 Å². The number of nitrogens with one attached hydrogen (secondary N) is 1. The fourth-order valence-corrected chi connectivity index (χ4v) is 2.14. The number of nitrogen functional groups attached to an aromatic ring is 1. The molecule has 0 aliphatic rings. The molecule has 0 radical (unpaired) electrons. The molecule has 1 aromatic rings. The van der Waals surface area contributed by atoms with Gasteiger partial charge in [0.25, 0.3) is 0 Å². The largest absolute Gasteiger partial charge is 0.384 e. The van der Waals surface area contributed by atoms with Crippen LogP contribution in [0.15, 0.2) is 12.3 Å². The lowest BCUT2D eigenvalue weighted by Crippen LogP contribution is -2.30. The van der Waals surface area contributed by atoms with E-state index >= 15 is 0 Å². The third-order valence-corrected chi connectivity index (χ3v) is 3.27. The van der Waals surface area contributed by atoms with Gasteiger partial charge in [0.15, 0.2) is 0 Å². The number of hydrogen-bond acceptors (Lipinski definition) is 3. The van der Waals surface area contributed by atoms with E-state index in [4.69, 9.17) is 11.1 Å². The van der Waals surface area contributed by atoms with Crippen LogP contribution in [0.3, 0.4) is 0 Å². The van der Waals surface area contributed by atoms with Crippen LogP contribution in [0.25, 0.3) is 0 Å². The second kappa shape index (κ2) is 7.77. The quantitative estimate of drug-likeness (QED) is 0.559. The van der Waals surface area contributed by atoms with Gasteiger partial charge in [-0.1, -0.05) is 26.7 Å². The summed E-state index contributed by atoms with van der Waals surface area (Å²) in [5.74, 6) is 0.980. The molecule has 106 valence electrons. The zero-order chi connectivity index (χ0) is 14.3. The van der Waals surface area contributed by atoms with Crippen molar-refractivity contribution in [1.82, 2.24) is 4.98 Å². The van der Waals surface area contributed by atoms with E-state index in [1.165, 1.54) is 0 Å². The SMILES string of the molecule is CCCCN(CCCC)c1nccc(C)c1C(=N)N. The van der Waals surface area contributed by atoms with E-state index in [0.29, 0.717) is 0 Å². The highest BCUT2D eigenvalue weighted by Crippen LogP contribution is 2.21. The molecule has 0 aliphatic carbocycles. The van der Waals surface area contributed by atoms with Crippen molar-refractivity contribution in [2.75, 3.05) is 18.0 Å². The van der Waals surface area contributed by atoms with Crippen molar-refractivity contribution in [3.63, 3.8) is 0 Å². The molecule has 1 heterocycles. The molecule has 1 aromatic heterocycles. The van der Waals surface area contributed by atoms with Crippen LogP contribution in [-0.4, -0.2) is 23.9 Å². The van der Waals surface area contributed by atoms with Crippen molar-refractivity contribution in [3.8, 4) is 0 Å². The van der Waals surface area contributed by atoms with E-state index in [0.717, 1.165) is 55.7 Å². The maximum atomic E-state index is 7.78. The van der Waals surface area contributed by atoms with E-state index in [1.54, 1.807) is 0 Å². The van der Waals surface area contributed by atoms with Crippen LogP contribution in [0.4, 0.5) is 5.82 Å². The van der Waals surface area contributed by atoms with Crippen LogP contribution in [0.2, 0.25) is 0 Å². The first-order valence-corrected chi connectivity index (χ1v) is 7.16. The Hall–Kier alpha value is -1.58. The third-order valence-electron chi connectivity index (χ3n) is 3.27. The average molecular weight is 262 g/mol. The van der Waals surface area contributed by atoms with Gasteiger partial charge in [-0.3, -0.25) is 5.41 Å². The normalized spacial score (nSPS) is 10.5. The number of amidine groups is 1. The molecule has 0 aliphatic heterocycles. The Balaban J connectivity index is 3.06. The molecule has 1 rings (SSSR count). The van der Waals surface area contributed by atoms with Crippen LogP contribution in [0.1, 0.15) is 50.7 Å². The Morgan fingerprint density at radius 3 is 2.32 bits per heavy atom. The van der Waals surface area contributed by atoms with Crippen LogP contribution in [0, 0.1) is 12.3 Å². The molecule has 0 fully saturated rings. The third kappa shape index (κ3) is 4.23. The fraction of sp³-hybridized carbons (Fsp3) is 0.600. The molecule has 4 nitrogen and oxygen atoms in total. The van der Waals surface area contributed by atoms with Gasteiger partial charge in [-0.25, -0.2) is 4.98 Å². The Morgan fingerprint density at radius 2 is 1.84 bits per heavy atom. The van der Waals surface area contributed by atoms with Gasteiger partial charge < -0.3 is 10.6 Å². The van der Waals surface area contributed by atoms with Crippen LogP contribution in [0.5, 0.6) is 0 Å². The predicted octanol–water partition coefficient (Wildman–Crippen LogP) is 3.08. The van der Waals surface area contributed by atoms with Crippen LogP contribution >= 0.6 is 0 Å². The Bertz CT molecular complexity index is 407. The number of aryl methyl sites for hydroxylation is 1. The number of pyridine rings is 1. The molecule has 0 aromatic carbocycles. The first-order valence-electron chi connectivity index (χ1n) is 7.16. The first kappa shape index (κ1) is 15.5. The van der Waals surface area contributed by atoms with E-state index in [1.807, 2.05) is 19.2 Å². The first-order chi connectivity index (χ1) is 9.11. The minimum absolute atomic E-state index is 0.110. The molecular weight excluding hydrogens is 236 g/mol. The summed E-state index contributed by atoms with van der Waals surface area (Å²) >= 11 is 0. The van der Waals surface area contributed by atoms with Gasteiger partial charge in [0.05, 0.1) is 5.56 Å². The minimum Gasteiger partial charge on any atom is -0.384 e. The van der Waals surface area contributed by atoms with E-state index in [-0.39, 0.29) is 5.84 Å². The summed E-state index contributed by atoms with van der Waals surface area (Å²) in [6, 6.07) is 1.91. The topological polar surface area (TPSA) is 66.0 Å². The number of hydrogen-bond donors (Lipinski definition) is 2. The average Bonchev–Trinajstić information content (AvgIpc) is 2.38. The monoisotopic (exact) mass is 262 g/mol. The van der Waals surface area contributed by atoms with Crippen LogP contribution < -0.4 is 10.6 Å². The van der Waals surface area contributed by atoms with Crippen LogP contribution in [-0.2, 0) is 0 Å². The molecule has 0 saturated carbocycles. The lowest BCUT2D eigenvalue weighted by atomic mass is 10.1. The zero-order valence-electron chi connectivity index (χ0n) is 12.4. The summed E-state index contributed by atoms with van der Waals surface area (Å²) in [4.78, 5) is 6.75. The maximum Gasteiger partial charge on any atom is 0.139 e. The highest BCUT2D eigenvalue weighted by molar-refractivity contribution is 6.00. The van der Waals surface area contributed by atoms with Gasteiger partial charge in [-0.05, 0) is 31.4 Å². The second-order valence-corrected chi connectivity index (χ2v) is 4.93. The number of aromatic nitrogens is 1. The Kier molecular flexibility index (Phi) is 6.33. The molecular formula is C15H26N4. The van der Waals surface area contributed by atoms with Gasteiger partial charge >= 0.3 is 0 Å². The van der Waals surface area contributed by atoms with Crippen molar-refractivity contribution in [1.29, 1.82) is 5.41 Å². The van der Waals surface area contributed by atoms with Gasteiger partial charge in [0, 0.05) is 19.3 Å². The second-order valence-electron chi connectivity index (χ2n) is 4.93. The summed E-state index contributed by atoms with van der Waals surface area (Å²) in [5.41, 5.74) is 7.54. The predicted molar refractivity (Wildman–Crippen MR) is 82.0 cm³/mol. The van der Waals surface area contributed by atoms with Crippen molar-refractivity contribution >= 4 is 11.7 Å². The molecule has 4 heteroatoms. The minimum atomic E-state index is 0.110. The van der Waals surface area contributed by atoms with Crippen molar-refractivity contribution in [2.45, 2.75) is 46.5 Å². The van der Waals surface area contributed by atoms with Gasteiger partial charge in [0.2, 0.25) is 0 Å². The number of anilines is 1. The highest BCUT2D eigenvalue weighted by atomic mass is 15.2. The number of rotatable bonds is 8. The molecule has 0 unspecified atom stereocenters. The molecule has 0 atom stereocenters. The summed E-state index contributed by atoms with van der Waals surface area (Å²) in [6.45, 7) is 8.32. The molecule has 0 bridgehead atoms. The number of unbranched alkanes of at least 4 members (excludes halogenated alkanes) is 2. The number of nitrogens with zero attached hydrogens (tertiary/aromatic N) is 2. The zero-order valence-corrected chi connectivity index (χ0v) is 12.4. The van der Waals surface area contributed by atoms with E-state index < -0.39 is 0 Å². The Labute approximate surface area is 116 Å². The molecule has 0 saturated heterocycles. The smallest absolute Gasteiger partial charge is 0.139 e. The molecule has 19 heavy (non-hydrogen) atoms. The summed E-state index contributed by atoms with van der Waals surface area (Å²) in [5, 5.41) is 7.78. The summed E-state index contributed by atoms with van der Waals surface area (Å²) in [6.07, 6.45) is 6.39. The van der Waals surface area contributed by atoms with Gasteiger partial charge in [0.1, 0.15) is 11.7 Å². The summed E-state index contributed by atoms with van der Waals surface area (Å²) in [7, 11) is 0. The molecule has 0 spiro atoms. The highest BCUT2D eigenvalue weighted by Gasteiger charge is 2.15. The summed E-state index contributed by atoms with van der Waals surface area (Å²) < 4.78 is 0. The van der Waals surface area contributed by atoms with Gasteiger partial charge in [-0.15, -0.1) is 0 Å². The fourth-order valence-electron chi connectivity index (χ4n) is 2.14. The van der Waals surface area contributed by atoms with E-state index in [9.17, 15) is 0 Å². The molecule has 0 amide bonds. The molecule has 3 N–H and O–H groups in total. The number of nitrogens with two attached hydrogens (primary N) is 1. The Morgan fingerprint density at radius 1 is 1.26 bits per heavy atom. The standard InChI is InChI=1S/C15H26N4/c1-4-6-10-19(11-7-5-2)15-13(14(16)17)12(3)8-9-18-15/h8-9H,4-7,10-11H2,1-3H3,(H3,16,17). The lowest BCUT2D eigenvalue weighted by Gasteiger charge is -2.26. The van der Waals surface area contributed by atoms with Crippen molar-refractivity contribution in [2.24, 2.45) is 5.73 Å².